The van der Waals surface area contributed by atoms with Crippen LogP contribution in [0.3, 0.4) is 0 Å². The summed E-state index contributed by atoms with van der Waals surface area (Å²) in [5.74, 6) is -0.0495. The third kappa shape index (κ3) is 6.02. The van der Waals surface area contributed by atoms with Crippen molar-refractivity contribution in [1.82, 2.24) is 0 Å². The molecule has 4 atom stereocenters. The molecule has 6 heteroatoms. The highest BCUT2D eigenvalue weighted by atomic mass is 32.9. The Morgan fingerprint density at radius 1 is 1.27 bits per heavy atom. The number of benzene rings is 1. The second-order valence-corrected chi connectivity index (χ2v) is 11.6. The maximum atomic E-state index is 9.51. The van der Waals surface area contributed by atoms with E-state index < -0.39 is 11.8 Å². The zero-order chi connectivity index (χ0) is 16.6. The summed E-state index contributed by atoms with van der Waals surface area (Å²) in [7, 11) is 0. The highest BCUT2D eigenvalue weighted by Gasteiger charge is 2.30. The van der Waals surface area contributed by atoms with E-state index in [1.807, 2.05) is 44.2 Å². The van der Waals surface area contributed by atoms with Gasteiger partial charge in [-0.1, -0.05) is 62.5 Å². The van der Waals surface area contributed by atoms with Gasteiger partial charge >= 0.3 is 0 Å². The Bertz CT molecular complexity index is 533. The third-order valence-corrected chi connectivity index (χ3v) is 9.11. The van der Waals surface area contributed by atoms with Crippen molar-refractivity contribution in [3.05, 3.63) is 35.9 Å². The highest BCUT2D eigenvalue weighted by molar-refractivity contribution is 8.68. The largest absolute Gasteiger partial charge is 0.322 e. The Morgan fingerprint density at radius 2 is 1.91 bits per heavy atom. The molecule has 0 saturated heterocycles. The molecule has 1 aromatic carbocycles. The van der Waals surface area contributed by atoms with Crippen LogP contribution in [0.1, 0.15) is 45.6 Å². The number of nitriles is 1. The maximum absolute atomic E-state index is 9.51. The fraction of sp³-hybridized carbons (Fsp3) is 0.562. The van der Waals surface area contributed by atoms with Crippen LogP contribution in [0.2, 0.25) is 0 Å². The Hall–Kier alpha value is -0.370. The van der Waals surface area contributed by atoms with E-state index in [-0.39, 0.29) is 5.92 Å². The molecule has 4 unspecified atom stereocenters. The van der Waals surface area contributed by atoms with E-state index in [0.717, 1.165) is 12.0 Å². The van der Waals surface area contributed by atoms with Crippen LogP contribution in [0.25, 0.3) is 0 Å². The van der Waals surface area contributed by atoms with Gasteiger partial charge in [0.15, 0.2) is 6.10 Å². The number of hydrogen-bond donors (Lipinski definition) is 0. The number of hydrogen-bond acceptors (Lipinski definition) is 5. The fourth-order valence-corrected chi connectivity index (χ4v) is 8.03. The minimum absolute atomic E-state index is 0.0495. The smallest absolute Gasteiger partial charge is 0.248 e. The van der Waals surface area contributed by atoms with Gasteiger partial charge in [0.25, 0.3) is 0 Å². The van der Waals surface area contributed by atoms with Gasteiger partial charge in [-0.25, -0.2) is 0 Å². The van der Waals surface area contributed by atoms with Crippen LogP contribution in [0.5, 0.6) is 0 Å². The van der Waals surface area contributed by atoms with E-state index in [1.165, 1.54) is 0 Å². The van der Waals surface area contributed by atoms with Crippen molar-refractivity contribution in [3.8, 4) is 6.07 Å². The fourth-order valence-electron chi connectivity index (χ4n) is 1.84. The van der Waals surface area contributed by atoms with Crippen LogP contribution in [-0.4, -0.2) is 18.0 Å². The lowest BCUT2D eigenvalue weighted by atomic mass is 9.96. The molecule has 0 heterocycles. The lowest BCUT2D eigenvalue weighted by Gasteiger charge is -2.28. The molecular formula is C16H24NO2PS2. The van der Waals surface area contributed by atoms with E-state index in [2.05, 4.69) is 19.9 Å². The van der Waals surface area contributed by atoms with Crippen molar-refractivity contribution in [3.63, 3.8) is 0 Å². The monoisotopic (exact) mass is 357 g/mol. The molecule has 0 N–H and O–H groups in total. The van der Waals surface area contributed by atoms with Gasteiger partial charge in [-0.05, 0) is 30.7 Å². The Labute approximate surface area is 143 Å². The van der Waals surface area contributed by atoms with Crippen LogP contribution in [0, 0.1) is 11.3 Å². The molecule has 0 aromatic heterocycles. The quantitative estimate of drug-likeness (QED) is 0.547. The van der Waals surface area contributed by atoms with E-state index >= 15 is 0 Å². The molecule has 1 aromatic rings. The Kier molecular flexibility index (Phi) is 8.67. The number of nitrogens with zero attached hydrogens (tertiary/aromatic N) is 1. The lowest BCUT2D eigenvalue weighted by molar-refractivity contribution is 0.211. The summed E-state index contributed by atoms with van der Waals surface area (Å²) >= 11 is 7.19. The molecule has 0 spiro atoms. The van der Waals surface area contributed by atoms with Gasteiger partial charge in [-0.15, -0.1) is 0 Å². The average Bonchev–Trinajstić information content (AvgIpc) is 2.53. The molecule has 0 saturated carbocycles. The molecule has 0 amide bonds. The van der Waals surface area contributed by atoms with Crippen molar-refractivity contribution >= 4 is 28.9 Å². The summed E-state index contributed by atoms with van der Waals surface area (Å²) in [4.78, 5) is 0. The first-order valence-corrected chi connectivity index (χ1v) is 11.6. The zero-order valence-corrected chi connectivity index (χ0v) is 16.1. The first-order valence-electron chi connectivity index (χ1n) is 7.51. The standard InChI is InChI=1S/C16H24NO2PS2/c1-5-13(3)22-20(21,18-6-2)19-16(12-17)14(4)15-10-8-7-9-11-15/h7-11,13-14,16H,5-6H2,1-4H3. The van der Waals surface area contributed by atoms with Crippen molar-refractivity contribution in [2.24, 2.45) is 0 Å². The summed E-state index contributed by atoms with van der Waals surface area (Å²) in [6.45, 7) is 8.61. The molecule has 0 fully saturated rings. The second kappa shape index (κ2) is 9.70. The molecule has 3 nitrogen and oxygen atoms in total. The van der Waals surface area contributed by atoms with Gasteiger partial charge < -0.3 is 9.05 Å². The third-order valence-electron chi connectivity index (χ3n) is 3.32. The molecule has 1 rings (SSSR count). The summed E-state index contributed by atoms with van der Waals surface area (Å²) in [5, 5.41) is 9.86. The van der Waals surface area contributed by atoms with Crippen molar-refractivity contribution < 1.29 is 9.05 Å². The van der Waals surface area contributed by atoms with E-state index in [4.69, 9.17) is 20.9 Å². The molecule has 0 radical (unpaired) electrons. The van der Waals surface area contributed by atoms with Crippen LogP contribution in [-0.2, 0) is 20.9 Å². The van der Waals surface area contributed by atoms with Gasteiger partial charge in [-0.2, -0.15) is 5.26 Å². The molecule has 0 aliphatic carbocycles. The van der Waals surface area contributed by atoms with Crippen molar-refractivity contribution in [1.29, 1.82) is 5.26 Å². The lowest BCUT2D eigenvalue weighted by Crippen LogP contribution is -2.17. The normalized spacial score (nSPS) is 18.0. The van der Waals surface area contributed by atoms with Crippen LogP contribution < -0.4 is 0 Å². The van der Waals surface area contributed by atoms with E-state index in [9.17, 15) is 5.26 Å². The second-order valence-electron chi connectivity index (χ2n) is 5.04. The van der Waals surface area contributed by atoms with Gasteiger partial charge in [-0.3, -0.25) is 0 Å². The minimum Gasteiger partial charge on any atom is -0.322 e. The minimum atomic E-state index is -2.51. The molecule has 22 heavy (non-hydrogen) atoms. The predicted octanol–water partition coefficient (Wildman–Crippen LogP) is 5.49. The molecule has 0 aliphatic heterocycles. The van der Waals surface area contributed by atoms with Crippen molar-refractivity contribution in [2.45, 2.75) is 51.4 Å². The zero-order valence-electron chi connectivity index (χ0n) is 13.6. The highest BCUT2D eigenvalue weighted by Crippen LogP contribution is 2.64. The first kappa shape index (κ1) is 19.7. The number of rotatable bonds is 9. The Morgan fingerprint density at radius 3 is 2.41 bits per heavy atom. The van der Waals surface area contributed by atoms with Crippen molar-refractivity contribution in [2.75, 3.05) is 6.61 Å². The predicted molar refractivity (Wildman–Crippen MR) is 98.6 cm³/mol. The van der Waals surface area contributed by atoms with Crippen LogP contribution in [0.15, 0.2) is 30.3 Å². The van der Waals surface area contributed by atoms with Gasteiger partial charge in [0.2, 0.25) is 5.69 Å². The Balaban J connectivity index is 2.89. The summed E-state index contributed by atoms with van der Waals surface area (Å²) in [6, 6.07) is 12.2. The van der Waals surface area contributed by atoms with Gasteiger partial charge in [0.1, 0.15) is 0 Å². The first-order chi connectivity index (χ1) is 10.5. The summed E-state index contributed by atoms with van der Waals surface area (Å²) in [6.07, 6.45) is 0.390. The van der Waals surface area contributed by atoms with E-state index in [0.29, 0.717) is 11.9 Å². The average molecular weight is 357 g/mol. The van der Waals surface area contributed by atoms with Crippen LogP contribution in [0.4, 0.5) is 0 Å². The topological polar surface area (TPSA) is 42.2 Å². The molecule has 0 bridgehead atoms. The molecule has 122 valence electrons. The van der Waals surface area contributed by atoms with E-state index in [1.54, 1.807) is 11.4 Å². The SMILES string of the molecule is CCOP(=S)(OC(C#N)C(C)c1ccccc1)SC(C)CC. The summed E-state index contributed by atoms with van der Waals surface area (Å²) < 4.78 is 11.8. The maximum Gasteiger partial charge on any atom is 0.248 e. The summed E-state index contributed by atoms with van der Waals surface area (Å²) in [5.41, 5.74) is -1.44. The molecular weight excluding hydrogens is 333 g/mol. The van der Waals surface area contributed by atoms with Gasteiger partial charge in [0, 0.05) is 11.2 Å². The molecule has 0 aliphatic rings. The van der Waals surface area contributed by atoms with Gasteiger partial charge in [0.05, 0.1) is 12.7 Å². The van der Waals surface area contributed by atoms with Crippen LogP contribution >= 0.6 is 17.1 Å².